The van der Waals surface area contributed by atoms with Crippen LogP contribution in [0.5, 0.6) is 17.2 Å². The number of hydrogen-bond donors (Lipinski definition) is 3. The van der Waals surface area contributed by atoms with Gasteiger partial charge in [-0.15, -0.1) is 6.42 Å². The van der Waals surface area contributed by atoms with Gasteiger partial charge in [0.2, 0.25) is 0 Å². The summed E-state index contributed by atoms with van der Waals surface area (Å²) in [5.41, 5.74) is 0.317. The van der Waals surface area contributed by atoms with Gasteiger partial charge in [-0.1, -0.05) is 5.92 Å². The topological polar surface area (TPSA) is 60.7 Å². The van der Waals surface area contributed by atoms with Gasteiger partial charge in [-0.25, -0.2) is 0 Å². The Morgan fingerprint density at radius 3 is 1.83 bits per heavy atom. The predicted octanol–water partition coefficient (Wildman–Crippen LogP) is 0.404. The summed E-state index contributed by atoms with van der Waals surface area (Å²) in [7, 11) is 0. The van der Waals surface area contributed by atoms with E-state index in [9.17, 15) is 0 Å². The molecule has 1 aromatic carbocycles. The van der Waals surface area contributed by atoms with Crippen molar-refractivity contribution in [2.75, 3.05) is 0 Å². The van der Waals surface area contributed by atoms with E-state index >= 15 is 0 Å². The van der Waals surface area contributed by atoms with Gasteiger partial charge >= 0.3 is 0 Å². The minimum atomic E-state index is -0.552. The summed E-state index contributed by atoms with van der Waals surface area (Å²) >= 11 is 0. The third-order valence-electron chi connectivity index (χ3n) is 1.24. The van der Waals surface area contributed by atoms with E-state index in [-0.39, 0.29) is 18.9 Å². The summed E-state index contributed by atoms with van der Waals surface area (Å²) in [4.78, 5) is 0. The summed E-state index contributed by atoms with van der Waals surface area (Å²) in [6, 6.07) is 2.38. The normalized spacial score (nSPS) is 8.25. The van der Waals surface area contributed by atoms with Crippen LogP contribution in [0.1, 0.15) is 5.56 Å². The van der Waals surface area contributed by atoms with Gasteiger partial charge < -0.3 is 15.3 Å². The van der Waals surface area contributed by atoms with E-state index in [1.54, 1.807) is 0 Å². The van der Waals surface area contributed by atoms with Crippen molar-refractivity contribution in [1.29, 1.82) is 0 Å². The molecule has 0 spiro atoms. The molecule has 1 rings (SSSR count). The molecule has 0 saturated heterocycles. The number of terminal acetylenes is 1. The van der Waals surface area contributed by atoms with Crippen LogP contribution in [0, 0.1) is 12.3 Å². The van der Waals surface area contributed by atoms with Crippen molar-refractivity contribution in [2.24, 2.45) is 0 Å². The van der Waals surface area contributed by atoms with Crippen molar-refractivity contribution >= 4 is 18.9 Å². The van der Waals surface area contributed by atoms with E-state index in [1.165, 1.54) is 12.1 Å². The van der Waals surface area contributed by atoms with Gasteiger partial charge in [0.25, 0.3) is 0 Å². The number of hydrogen-bond acceptors (Lipinski definition) is 3. The summed E-state index contributed by atoms with van der Waals surface area (Å²) in [5.74, 6) is 0.816. The fourth-order valence-corrected chi connectivity index (χ4v) is 0.688. The minimum absolute atomic E-state index is 0. The smallest absolute Gasteiger partial charge is 0.200 e. The molecule has 3 nitrogen and oxygen atoms in total. The molecule has 0 amide bonds. The van der Waals surface area contributed by atoms with E-state index in [0.717, 1.165) is 0 Å². The van der Waals surface area contributed by atoms with Gasteiger partial charge in [-0.2, -0.15) is 0 Å². The summed E-state index contributed by atoms with van der Waals surface area (Å²) < 4.78 is 0. The molecule has 0 aliphatic carbocycles. The van der Waals surface area contributed by atoms with Crippen LogP contribution in [0.15, 0.2) is 12.1 Å². The molecule has 0 fully saturated rings. The van der Waals surface area contributed by atoms with E-state index in [1.807, 2.05) is 0 Å². The second kappa shape index (κ2) is 3.97. The Bertz CT molecular complexity index is 305. The van der Waals surface area contributed by atoms with Crippen molar-refractivity contribution in [3.63, 3.8) is 0 Å². The van der Waals surface area contributed by atoms with Gasteiger partial charge in [0, 0.05) is 24.4 Å². The molecule has 0 aliphatic rings. The third kappa shape index (κ3) is 1.89. The van der Waals surface area contributed by atoms with Crippen molar-refractivity contribution in [3.8, 4) is 29.6 Å². The molecule has 0 bridgehead atoms. The molecule has 0 aliphatic heterocycles. The maximum absolute atomic E-state index is 8.91. The fraction of sp³-hybridized carbons (Fsp3) is 0. The number of phenolic OH excluding ortho intramolecular Hbond substituents is 3. The summed E-state index contributed by atoms with van der Waals surface area (Å²) in [6.45, 7) is 0. The van der Waals surface area contributed by atoms with Crippen LogP contribution >= 0.6 is 0 Å². The Balaban J connectivity index is 0.00000121. The van der Waals surface area contributed by atoms with E-state index < -0.39 is 17.2 Å². The van der Waals surface area contributed by atoms with E-state index in [0.29, 0.717) is 5.56 Å². The molecule has 3 N–H and O–H groups in total. The van der Waals surface area contributed by atoms with Gasteiger partial charge in [0.15, 0.2) is 17.2 Å². The Kier molecular flexibility index (Phi) is 3.56. The molecular weight excluding hydrogens is 151 g/mol. The number of benzene rings is 1. The largest absolute Gasteiger partial charge is 0.504 e. The van der Waals surface area contributed by atoms with Crippen LogP contribution in [0.3, 0.4) is 0 Å². The van der Waals surface area contributed by atoms with Crippen molar-refractivity contribution in [2.45, 2.75) is 0 Å². The molecule has 1 radical (unpaired) electrons. The zero-order chi connectivity index (χ0) is 8.43. The van der Waals surface area contributed by atoms with Gasteiger partial charge in [0.1, 0.15) is 0 Å². The molecule has 12 heavy (non-hydrogen) atoms. The predicted molar refractivity (Wildman–Crippen MR) is 45.1 cm³/mol. The Morgan fingerprint density at radius 2 is 1.50 bits per heavy atom. The first-order valence-electron chi connectivity index (χ1n) is 2.86. The average Bonchev–Trinajstić information content (AvgIpc) is 1.99. The van der Waals surface area contributed by atoms with Gasteiger partial charge in [0.05, 0.1) is 0 Å². The SMILES string of the molecule is C#Cc1cc(O)c(O)c(O)c1.[Li]. The van der Waals surface area contributed by atoms with Gasteiger partial charge in [-0.3, -0.25) is 0 Å². The maximum Gasteiger partial charge on any atom is 0.200 e. The Labute approximate surface area is 81.8 Å². The second-order valence-electron chi connectivity index (χ2n) is 2.01. The van der Waals surface area contributed by atoms with Crippen LogP contribution in [-0.2, 0) is 0 Å². The number of aromatic hydroxyl groups is 3. The van der Waals surface area contributed by atoms with E-state index in [2.05, 4.69) is 5.92 Å². The van der Waals surface area contributed by atoms with E-state index in [4.69, 9.17) is 21.7 Å². The third-order valence-corrected chi connectivity index (χ3v) is 1.24. The first-order valence-corrected chi connectivity index (χ1v) is 2.86. The monoisotopic (exact) mass is 157 g/mol. The molecule has 0 atom stereocenters. The molecule has 0 heterocycles. The van der Waals surface area contributed by atoms with Crippen LogP contribution in [-0.4, -0.2) is 34.2 Å². The van der Waals surface area contributed by atoms with Gasteiger partial charge in [-0.05, 0) is 12.1 Å². The Hall–Kier alpha value is -1.22. The van der Waals surface area contributed by atoms with Crippen LogP contribution in [0.25, 0.3) is 0 Å². The molecular formula is C8H6LiO3. The Morgan fingerprint density at radius 1 is 1.08 bits per heavy atom. The quantitative estimate of drug-likeness (QED) is 0.290. The zero-order valence-corrected chi connectivity index (χ0v) is 6.57. The minimum Gasteiger partial charge on any atom is -0.504 e. The molecule has 4 heteroatoms. The molecule has 0 saturated carbocycles. The fourth-order valence-electron chi connectivity index (χ4n) is 0.688. The van der Waals surface area contributed by atoms with Crippen LogP contribution in [0.4, 0.5) is 0 Å². The van der Waals surface area contributed by atoms with Crippen molar-refractivity contribution in [1.82, 2.24) is 0 Å². The maximum atomic E-state index is 8.91. The number of rotatable bonds is 0. The van der Waals surface area contributed by atoms with Crippen LogP contribution < -0.4 is 0 Å². The first-order chi connectivity index (χ1) is 5.15. The number of phenols is 3. The second-order valence-corrected chi connectivity index (χ2v) is 2.01. The summed E-state index contributed by atoms with van der Waals surface area (Å²) in [5, 5.41) is 26.7. The average molecular weight is 157 g/mol. The first kappa shape index (κ1) is 10.8. The van der Waals surface area contributed by atoms with Crippen molar-refractivity contribution in [3.05, 3.63) is 17.7 Å². The molecule has 1 aromatic rings. The molecule has 57 valence electrons. The standard InChI is InChI=1S/C8H6O3.Li/c1-2-5-3-6(9)8(11)7(10)4-5;/h1,3-4,9-11H;. The van der Waals surface area contributed by atoms with Crippen LogP contribution in [0.2, 0.25) is 0 Å². The zero-order valence-electron chi connectivity index (χ0n) is 6.57. The van der Waals surface area contributed by atoms with Crippen molar-refractivity contribution < 1.29 is 15.3 Å². The molecule has 0 unspecified atom stereocenters. The molecule has 0 aromatic heterocycles. The summed E-state index contributed by atoms with van der Waals surface area (Å²) in [6.07, 6.45) is 4.98.